The van der Waals surface area contributed by atoms with E-state index < -0.39 is 22.8 Å². The normalized spacial score (nSPS) is 11.5. The fraction of sp³-hybridized carbons (Fsp3) is 0.286. The molecule has 0 radical (unpaired) electrons. The number of nitrogens with zero attached hydrogens (tertiary/aromatic N) is 1. The van der Waals surface area contributed by atoms with E-state index in [1.165, 1.54) is 19.1 Å². The van der Waals surface area contributed by atoms with Crippen LogP contribution in [-0.2, 0) is 16.1 Å². The summed E-state index contributed by atoms with van der Waals surface area (Å²) in [5.41, 5.74) is 1.18. The van der Waals surface area contributed by atoms with Gasteiger partial charge in [-0.3, -0.25) is 24.5 Å². The predicted molar refractivity (Wildman–Crippen MR) is 117 cm³/mol. The molecule has 31 heavy (non-hydrogen) atoms. The minimum Gasteiger partial charge on any atom is -0.350 e. The number of carbonyl (C=O) groups excluding carboxylic acids is 3. The molecular weight excluding hydrogens is 424 g/mol. The van der Waals surface area contributed by atoms with Crippen LogP contribution in [0.1, 0.15) is 36.7 Å². The third-order valence-electron chi connectivity index (χ3n) is 4.36. The molecule has 3 amide bonds. The maximum absolute atomic E-state index is 12.7. The van der Waals surface area contributed by atoms with Crippen molar-refractivity contribution in [1.29, 1.82) is 0 Å². The Bertz CT molecular complexity index is 1010. The molecule has 0 aliphatic rings. The monoisotopic (exact) mass is 446 g/mol. The van der Waals surface area contributed by atoms with E-state index in [1.807, 2.05) is 0 Å². The molecule has 9 nitrogen and oxygen atoms in total. The Kier molecular flexibility index (Phi) is 8.09. The first-order chi connectivity index (χ1) is 14.6. The Labute approximate surface area is 184 Å². The average molecular weight is 447 g/mol. The van der Waals surface area contributed by atoms with Crippen molar-refractivity contribution in [3.63, 3.8) is 0 Å². The molecule has 1 atom stereocenters. The summed E-state index contributed by atoms with van der Waals surface area (Å²) in [6.07, 6.45) is 0. The van der Waals surface area contributed by atoms with Gasteiger partial charge in [0.25, 0.3) is 11.6 Å². The Morgan fingerprint density at radius 2 is 1.84 bits per heavy atom. The van der Waals surface area contributed by atoms with Gasteiger partial charge in [0, 0.05) is 31.3 Å². The molecule has 0 aromatic heterocycles. The summed E-state index contributed by atoms with van der Waals surface area (Å²) in [6.45, 7) is 5.16. The zero-order chi connectivity index (χ0) is 23.1. The van der Waals surface area contributed by atoms with Crippen molar-refractivity contribution in [2.75, 3.05) is 5.32 Å². The molecule has 2 rings (SSSR count). The average Bonchev–Trinajstić information content (AvgIpc) is 2.69. The first kappa shape index (κ1) is 23.8. The third-order valence-corrected chi connectivity index (χ3v) is 4.67. The highest BCUT2D eigenvalue weighted by Gasteiger charge is 2.26. The molecule has 0 bridgehead atoms. The smallest absolute Gasteiger partial charge is 0.270 e. The molecule has 0 saturated heterocycles. The molecule has 0 aliphatic carbocycles. The first-order valence-corrected chi connectivity index (χ1v) is 9.85. The van der Waals surface area contributed by atoms with Gasteiger partial charge >= 0.3 is 0 Å². The van der Waals surface area contributed by atoms with Crippen molar-refractivity contribution in [3.05, 3.63) is 68.7 Å². The van der Waals surface area contributed by atoms with Crippen LogP contribution >= 0.6 is 11.6 Å². The molecule has 0 saturated carbocycles. The van der Waals surface area contributed by atoms with Crippen molar-refractivity contribution in [2.24, 2.45) is 5.92 Å². The summed E-state index contributed by atoms with van der Waals surface area (Å²) < 4.78 is 0. The van der Waals surface area contributed by atoms with Crippen molar-refractivity contribution in [2.45, 2.75) is 33.4 Å². The van der Waals surface area contributed by atoms with Crippen LogP contribution < -0.4 is 16.0 Å². The Morgan fingerprint density at radius 3 is 2.42 bits per heavy atom. The summed E-state index contributed by atoms with van der Waals surface area (Å²) in [4.78, 5) is 46.7. The number of nitrogens with one attached hydrogen (secondary N) is 3. The molecule has 0 heterocycles. The number of non-ortho nitro benzene ring substituents is 1. The van der Waals surface area contributed by atoms with Crippen molar-refractivity contribution in [3.8, 4) is 0 Å². The molecule has 0 spiro atoms. The summed E-state index contributed by atoms with van der Waals surface area (Å²) >= 11 is 6.01. The molecule has 1 unspecified atom stereocenters. The van der Waals surface area contributed by atoms with E-state index in [4.69, 9.17) is 11.6 Å². The zero-order valence-corrected chi connectivity index (χ0v) is 18.0. The second kappa shape index (κ2) is 10.5. The molecule has 0 fully saturated rings. The quantitative estimate of drug-likeness (QED) is 0.423. The highest BCUT2D eigenvalue weighted by molar-refractivity contribution is 6.34. The summed E-state index contributed by atoms with van der Waals surface area (Å²) in [7, 11) is 0. The highest BCUT2D eigenvalue weighted by atomic mass is 35.5. The van der Waals surface area contributed by atoms with Gasteiger partial charge in [0.05, 0.1) is 15.5 Å². The van der Waals surface area contributed by atoms with E-state index >= 15 is 0 Å². The van der Waals surface area contributed by atoms with E-state index in [0.29, 0.717) is 5.69 Å². The molecule has 2 aromatic carbocycles. The SMILES string of the molecule is CC(=O)Nc1cccc(CNC(=O)C(NC(=O)c2ccc([N+](=O)[O-])cc2Cl)C(C)C)c1. The second-order valence-electron chi connectivity index (χ2n) is 7.22. The van der Waals surface area contributed by atoms with Crippen LogP contribution in [0.3, 0.4) is 0 Å². The minimum absolute atomic E-state index is 0.0359. The fourth-order valence-corrected chi connectivity index (χ4v) is 3.08. The summed E-state index contributed by atoms with van der Waals surface area (Å²) in [5, 5.41) is 18.8. The van der Waals surface area contributed by atoms with Gasteiger partial charge < -0.3 is 16.0 Å². The largest absolute Gasteiger partial charge is 0.350 e. The molecule has 10 heteroatoms. The summed E-state index contributed by atoms with van der Waals surface area (Å²) in [6, 6.07) is 9.68. The zero-order valence-electron chi connectivity index (χ0n) is 17.3. The lowest BCUT2D eigenvalue weighted by molar-refractivity contribution is -0.384. The molecule has 164 valence electrons. The number of benzene rings is 2. The topological polar surface area (TPSA) is 130 Å². The number of carbonyl (C=O) groups is 3. The lowest BCUT2D eigenvalue weighted by Gasteiger charge is -2.22. The Hall–Kier alpha value is -3.46. The fourth-order valence-electron chi connectivity index (χ4n) is 2.82. The Morgan fingerprint density at radius 1 is 1.13 bits per heavy atom. The van der Waals surface area contributed by atoms with Gasteiger partial charge in [0.1, 0.15) is 6.04 Å². The molecular formula is C21H23ClN4O5. The van der Waals surface area contributed by atoms with Crippen LogP contribution in [0.4, 0.5) is 11.4 Å². The van der Waals surface area contributed by atoms with Gasteiger partial charge in [-0.15, -0.1) is 0 Å². The van der Waals surface area contributed by atoms with Gasteiger partial charge in [0.2, 0.25) is 11.8 Å². The van der Waals surface area contributed by atoms with Crippen LogP contribution in [0.15, 0.2) is 42.5 Å². The number of nitro benzene ring substituents is 1. The van der Waals surface area contributed by atoms with Gasteiger partial charge in [-0.25, -0.2) is 0 Å². The van der Waals surface area contributed by atoms with Crippen LogP contribution in [0, 0.1) is 16.0 Å². The summed E-state index contributed by atoms with van der Waals surface area (Å²) in [5.74, 6) is -1.44. The van der Waals surface area contributed by atoms with Gasteiger partial charge in [-0.1, -0.05) is 37.6 Å². The van der Waals surface area contributed by atoms with Gasteiger partial charge in [0.15, 0.2) is 0 Å². The molecule has 2 aromatic rings. The van der Waals surface area contributed by atoms with E-state index in [2.05, 4.69) is 16.0 Å². The van der Waals surface area contributed by atoms with Crippen LogP contribution in [-0.4, -0.2) is 28.7 Å². The van der Waals surface area contributed by atoms with Crippen molar-refractivity contribution >= 4 is 40.7 Å². The number of anilines is 1. The Balaban J connectivity index is 2.06. The van der Waals surface area contributed by atoms with Gasteiger partial charge in [-0.05, 0) is 29.7 Å². The lowest BCUT2D eigenvalue weighted by Crippen LogP contribution is -2.49. The molecule has 0 aliphatic heterocycles. The minimum atomic E-state index is -0.850. The highest BCUT2D eigenvalue weighted by Crippen LogP contribution is 2.22. The number of halogens is 1. The van der Waals surface area contributed by atoms with Gasteiger partial charge in [-0.2, -0.15) is 0 Å². The number of nitro groups is 1. The second-order valence-corrected chi connectivity index (χ2v) is 7.62. The maximum atomic E-state index is 12.7. The van der Waals surface area contributed by atoms with Crippen LogP contribution in [0.5, 0.6) is 0 Å². The van der Waals surface area contributed by atoms with E-state index in [0.717, 1.165) is 11.6 Å². The maximum Gasteiger partial charge on any atom is 0.270 e. The van der Waals surface area contributed by atoms with E-state index in [9.17, 15) is 24.5 Å². The predicted octanol–water partition coefficient (Wildman–Crippen LogP) is 3.28. The van der Waals surface area contributed by atoms with Crippen LogP contribution in [0.2, 0.25) is 5.02 Å². The number of hydrogen-bond acceptors (Lipinski definition) is 5. The standard InChI is InChI=1S/C21H23ClN4O5/c1-12(2)19(25-20(28)17-8-7-16(26(30)31)10-18(17)22)21(29)23-11-14-5-4-6-15(9-14)24-13(3)27/h4-10,12,19H,11H2,1-3H3,(H,23,29)(H,24,27)(H,25,28). The number of amides is 3. The van der Waals surface area contributed by atoms with E-state index in [1.54, 1.807) is 38.1 Å². The molecule has 3 N–H and O–H groups in total. The third kappa shape index (κ3) is 6.78. The van der Waals surface area contributed by atoms with Crippen molar-refractivity contribution < 1.29 is 19.3 Å². The first-order valence-electron chi connectivity index (χ1n) is 9.47. The van der Waals surface area contributed by atoms with Crippen LogP contribution in [0.25, 0.3) is 0 Å². The van der Waals surface area contributed by atoms with E-state index in [-0.39, 0.29) is 34.6 Å². The number of hydrogen-bond donors (Lipinski definition) is 3. The lowest BCUT2D eigenvalue weighted by atomic mass is 10.0. The van der Waals surface area contributed by atoms with Crippen molar-refractivity contribution in [1.82, 2.24) is 10.6 Å². The number of rotatable bonds is 8.